The Hall–Kier alpha value is -0.670. The molecule has 0 amide bonds. The maximum absolute atomic E-state index is 11.3. The summed E-state index contributed by atoms with van der Waals surface area (Å²) >= 11 is 0. The molecule has 1 aliphatic heterocycles. The fourth-order valence-electron chi connectivity index (χ4n) is 1.71. The molecule has 0 spiro atoms. The Kier molecular flexibility index (Phi) is 5.58. The molecule has 0 fully saturated rings. The summed E-state index contributed by atoms with van der Waals surface area (Å²) in [6, 6.07) is 0. The Morgan fingerprint density at radius 1 is 1.33 bits per heavy atom. The summed E-state index contributed by atoms with van der Waals surface area (Å²) < 4.78 is 5.12. The van der Waals surface area contributed by atoms with Gasteiger partial charge in [0.05, 0.1) is 0 Å². The van der Waals surface area contributed by atoms with Crippen molar-refractivity contribution in [3.8, 4) is 0 Å². The van der Waals surface area contributed by atoms with Crippen molar-refractivity contribution in [2.45, 2.75) is 57.8 Å². The third kappa shape index (κ3) is 4.58. The summed E-state index contributed by atoms with van der Waals surface area (Å²) in [7, 11) is 0. The highest BCUT2D eigenvalue weighted by atomic mass is 16.6. The van der Waals surface area contributed by atoms with Crippen LogP contribution in [0.5, 0.6) is 0 Å². The second-order valence-corrected chi connectivity index (χ2v) is 3.98. The Balaban J connectivity index is 2.15. The summed E-state index contributed by atoms with van der Waals surface area (Å²) in [6.45, 7) is 2.18. The molecule has 3 heteroatoms. The molecule has 86 valence electrons. The lowest BCUT2D eigenvalue weighted by Gasteiger charge is -2.21. The van der Waals surface area contributed by atoms with Crippen molar-refractivity contribution in [2.24, 2.45) is 0 Å². The Labute approximate surface area is 91.1 Å². The minimum Gasteiger partial charge on any atom is -0.365 e. The molecule has 0 aliphatic carbocycles. The van der Waals surface area contributed by atoms with Gasteiger partial charge >= 0.3 is 0 Å². The van der Waals surface area contributed by atoms with Gasteiger partial charge in [0.2, 0.25) is 0 Å². The van der Waals surface area contributed by atoms with Gasteiger partial charge in [-0.15, -0.1) is 0 Å². The van der Waals surface area contributed by atoms with Gasteiger partial charge in [0.25, 0.3) is 0 Å². The van der Waals surface area contributed by atoms with E-state index in [1.54, 1.807) is 0 Å². The molecule has 0 bridgehead atoms. The van der Waals surface area contributed by atoms with Gasteiger partial charge < -0.3 is 9.84 Å². The summed E-state index contributed by atoms with van der Waals surface area (Å²) in [4.78, 5) is 11.3. The Morgan fingerprint density at radius 3 is 2.80 bits per heavy atom. The maximum Gasteiger partial charge on any atom is 0.184 e. The number of hydrogen-bond acceptors (Lipinski definition) is 3. The van der Waals surface area contributed by atoms with Crippen LogP contribution in [0.3, 0.4) is 0 Å². The summed E-state index contributed by atoms with van der Waals surface area (Å²) in [5.74, 6) is -0.0178. The highest BCUT2D eigenvalue weighted by Gasteiger charge is 2.22. The highest BCUT2D eigenvalue weighted by molar-refractivity contribution is 5.94. The molecule has 2 atom stereocenters. The molecule has 1 N–H and O–H groups in total. The van der Waals surface area contributed by atoms with Crippen LogP contribution in [0.25, 0.3) is 0 Å². The van der Waals surface area contributed by atoms with E-state index in [0.717, 1.165) is 19.3 Å². The van der Waals surface area contributed by atoms with Crippen LogP contribution in [0.2, 0.25) is 0 Å². The average molecular weight is 212 g/mol. The molecule has 1 aliphatic rings. The zero-order valence-electron chi connectivity index (χ0n) is 9.32. The van der Waals surface area contributed by atoms with E-state index in [1.165, 1.54) is 31.4 Å². The highest BCUT2D eigenvalue weighted by Crippen LogP contribution is 2.15. The van der Waals surface area contributed by atoms with Gasteiger partial charge in [-0.05, 0) is 18.6 Å². The molecule has 0 aromatic rings. The summed E-state index contributed by atoms with van der Waals surface area (Å²) in [5, 5.41) is 9.18. The molecule has 1 rings (SSSR count). The van der Waals surface area contributed by atoms with Crippen molar-refractivity contribution in [3.63, 3.8) is 0 Å². The molecule has 3 nitrogen and oxygen atoms in total. The third-order valence-corrected chi connectivity index (χ3v) is 2.62. The van der Waals surface area contributed by atoms with Crippen molar-refractivity contribution < 1.29 is 14.6 Å². The van der Waals surface area contributed by atoms with Gasteiger partial charge in [0.15, 0.2) is 12.1 Å². The van der Waals surface area contributed by atoms with Gasteiger partial charge in [-0.3, -0.25) is 4.79 Å². The molecule has 0 saturated heterocycles. The fourth-order valence-corrected chi connectivity index (χ4v) is 1.71. The van der Waals surface area contributed by atoms with Crippen LogP contribution >= 0.6 is 0 Å². The minimum absolute atomic E-state index is 0.0178. The van der Waals surface area contributed by atoms with Crippen LogP contribution < -0.4 is 0 Å². The van der Waals surface area contributed by atoms with Crippen LogP contribution in [0.15, 0.2) is 12.2 Å². The second-order valence-electron chi connectivity index (χ2n) is 3.98. The molecule has 0 aromatic heterocycles. The molecule has 0 aromatic carbocycles. The number of aliphatic hydroxyl groups excluding tert-OH is 1. The SMILES string of the molecule is CCCCCCC[C@H]1O[C@H](O)C=CC1=O. The van der Waals surface area contributed by atoms with Gasteiger partial charge in [0, 0.05) is 0 Å². The first-order chi connectivity index (χ1) is 7.24. The van der Waals surface area contributed by atoms with Gasteiger partial charge in [0.1, 0.15) is 6.10 Å². The van der Waals surface area contributed by atoms with E-state index in [2.05, 4.69) is 6.92 Å². The first-order valence-electron chi connectivity index (χ1n) is 5.79. The summed E-state index contributed by atoms with van der Waals surface area (Å²) in [6.07, 6.45) is 8.04. The fraction of sp³-hybridized carbons (Fsp3) is 0.750. The number of unbranched alkanes of at least 4 members (excludes halogenated alkanes) is 4. The molecule has 0 saturated carbocycles. The number of carbonyl (C=O) groups is 1. The Morgan fingerprint density at radius 2 is 2.07 bits per heavy atom. The average Bonchev–Trinajstić information content (AvgIpc) is 2.23. The van der Waals surface area contributed by atoms with Crippen LogP contribution in [-0.2, 0) is 9.53 Å². The van der Waals surface area contributed by atoms with E-state index in [1.807, 2.05) is 0 Å². The zero-order chi connectivity index (χ0) is 11.1. The van der Waals surface area contributed by atoms with Crippen LogP contribution in [0.1, 0.15) is 45.4 Å². The van der Waals surface area contributed by atoms with Gasteiger partial charge in [-0.1, -0.05) is 39.0 Å². The van der Waals surface area contributed by atoms with E-state index >= 15 is 0 Å². The first kappa shape index (κ1) is 12.4. The number of aliphatic hydroxyl groups is 1. The quantitative estimate of drug-likeness (QED) is 0.686. The normalized spacial score (nSPS) is 25.9. The predicted octanol–water partition coefficient (Wildman–Crippen LogP) is 2.19. The first-order valence-corrected chi connectivity index (χ1v) is 5.79. The molecular formula is C12H20O3. The largest absolute Gasteiger partial charge is 0.365 e. The zero-order valence-corrected chi connectivity index (χ0v) is 9.32. The molecular weight excluding hydrogens is 192 g/mol. The van der Waals surface area contributed by atoms with E-state index in [4.69, 9.17) is 4.74 Å². The van der Waals surface area contributed by atoms with Crippen LogP contribution in [0.4, 0.5) is 0 Å². The van der Waals surface area contributed by atoms with E-state index in [-0.39, 0.29) is 5.78 Å². The number of rotatable bonds is 6. The van der Waals surface area contributed by atoms with Crippen molar-refractivity contribution in [2.75, 3.05) is 0 Å². The number of hydrogen-bond donors (Lipinski definition) is 1. The minimum atomic E-state index is -0.900. The van der Waals surface area contributed by atoms with Crippen molar-refractivity contribution >= 4 is 5.78 Å². The lowest BCUT2D eigenvalue weighted by molar-refractivity contribution is -0.149. The standard InChI is InChI=1S/C12H20O3/c1-2-3-4-5-6-7-11-10(13)8-9-12(14)15-11/h8-9,11-12,14H,2-7H2,1H3/t11-,12+/m1/s1. The topological polar surface area (TPSA) is 46.5 Å². The van der Waals surface area contributed by atoms with E-state index < -0.39 is 12.4 Å². The van der Waals surface area contributed by atoms with Gasteiger partial charge in [-0.2, -0.15) is 0 Å². The maximum atomic E-state index is 11.3. The van der Waals surface area contributed by atoms with Crippen LogP contribution in [0, 0.1) is 0 Å². The van der Waals surface area contributed by atoms with E-state index in [9.17, 15) is 9.90 Å². The molecule has 15 heavy (non-hydrogen) atoms. The third-order valence-electron chi connectivity index (χ3n) is 2.62. The molecule has 1 heterocycles. The van der Waals surface area contributed by atoms with Crippen molar-refractivity contribution in [1.29, 1.82) is 0 Å². The monoisotopic (exact) mass is 212 g/mol. The van der Waals surface area contributed by atoms with Crippen LogP contribution in [-0.4, -0.2) is 23.3 Å². The second kappa shape index (κ2) is 6.75. The lowest BCUT2D eigenvalue weighted by atomic mass is 10.0. The number of ether oxygens (including phenoxy) is 1. The smallest absolute Gasteiger partial charge is 0.184 e. The Bertz CT molecular complexity index is 223. The van der Waals surface area contributed by atoms with Crippen molar-refractivity contribution in [3.05, 3.63) is 12.2 Å². The van der Waals surface area contributed by atoms with Gasteiger partial charge in [-0.25, -0.2) is 0 Å². The number of carbonyl (C=O) groups excluding carboxylic acids is 1. The van der Waals surface area contributed by atoms with E-state index in [0.29, 0.717) is 0 Å². The summed E-state index contributed by atoms with van der Waals surface area (Å²) in [5.41, 5.74) is 0. The number of ketones is 1. The predicted molar refractivity (Wildman–Crippen MR) is 58.4 cm³/mol. The van der Waals surface area contributed by atoms with Crippen molar-refractivity contribution in [1.82, 2.24) is 0 Å². The lowest BCUT2D eigenvalue weighted by Crippen LogP contribution is -2.31. The molecule has 0 radical (unpaired) electrons. The molecule has 0 unspecified atom stereocenters.